The van der Waals surface area contributed by atoms with Crippen molar-refractivity contribution in [1.82, 2.24) is 9.88 Å². The van der Waals surface area contributed by atoms with Gasteiger partial charge in [0, 0.05) is 16.5 Å². The van der Waals surface area contributed by atoms with Gasteiger partial charge in [-0.3, -0.25) is 9.78 Å². The molecule has 2 heterocycles. The van der Waals surface area contributed by atoms with Gasteiger partial charge in [-0.05, 0) is 105 Å². The Bertz CT molecular complexity index is 1150. The van der Waals surface area contributed by atoms with Gasteiger partial charge in [0.25, 0.3) is 0 Å². The van der Waals surface area contributed by atoms with E-state index in [0.717, 1.165) is 86.1 Å². The third-order valence-electron chi connectivity index (χ3n) is 7.34. The second-order valence-corrected chi connectivity index (χ2v) is 11.3. The van der Waals surface area contributed by atoms with Crippen molar-refractivity contribution in [2.45, 2.75) is 49.8 Å². The van der Waals surface area contributed by atoms with Gasteiger partial charge in [0.1, 0.15) is 5.75 Å². The molecule has 0 radical (unpaired) electrons. The van der Waals surface area contributed by atoms with Crippen LogP contribution in [0.4, 0.5) is 0 Å². The number of carbonyl (C=O) groups is 1. The first kappa shape index (κ1) is 26.8. The number of carboxylic acid groups (broad SMARTS) is 1. The summed E-state index contributed by atoms with van der Waals surface area (Å²) in [5, 5.41) is 11.3. The average molecular weight is 527 g/mol. The average Bonchev–Trinajstić information content (AvgIpc) is 2.89. The van der Waals surface area contributed by atoms with Crippen molar-refractivity contribution >= 4 is 40.2 Å². The van der Waals surface area contributed by atoms with E-state index in [1.54, 1.807) is 13.3 Å². The number of aryl methyl sites for hydroxylation is 1. The minimum absolute atomic E-state index is 0.145. The number of thioether (sulfide) groups is 1. The predicted octanol–water partition coefficient (Wildman–Crippen LogP) is 6.96. The van der Waals surface area contributed by atoms with Gasteiger partial charge in [0.05, 0.1) is 24.1 Å². The Labute approximate surface area is 223 Å². The topological polar surface area (TPSA) is 62.7 Å². The van der Waals surface area contributed by atoms with Crippen LogP contribution in [0.5, 0.6) is 5.75 Å². The molecule has 5 nitrogen and oxygen atoms in total. The first-order chi connectivity index (χ1) is 17.5. The first-order valence-corrected chi connectivity index (χ1v) is 14.1. The number of methoxy groups -OCH3 is 1. The van der Waals surface area contributed by atoms with Crippen LogP contribution in [0, 0.1) is 5.41 Å². The van der Waals surface area contributed by atoms with Gasteiger partial charge in [-0.15, -0.1) is 11.8 Å². The number of rotatable bonds is 12. The van der Waals surface area contributed by atoms with E-state index in [1.165, 1.54) is 4.90 Å². The Kier molecular flexibility index (Phi) is 9.52. The Morgan fingerprint density at radius 3 is 2.67 bits per heavy atom. The van der Waals surface area contributed by atoms with Gasteiger partial charge in [-0.25, -0.2) is 0 Å². The summed E-state index contributed by atoms with van der Waals surface area (Å²) in [5.41, 5.74) is 1.82. The molecule has 0 bridgehead atoms. The van der Waals surface area contributed by atoms with Gasteiger partial charge in [0.15, 0.2) is 0 Å². The fourth-order valence-electron chi connectivity index (χ4n) is 5.31. The van der Waals surface area contributed by atoms with Gasteiger partial charge in [-0.1, -0.05) is 29.8 Å². The maximum Gasteiger partial charge on any atom is 0.303 e. The van der Waals surface area contributed by atoms with E-state index >= 15 is 0 Å². The third kappa shape index (κ3) is 7.15. The Hall–Kier alpha value is -2.28. The van der Waals surface area contributed by atoms with Crippen molar-refractivity contribution in [3.8, 4) is 5.75 Å². The molecule has 1 aliphatic rings. The molecule has 1 N–H and O–H groups in total. The molecule has 1 saturated heterocycles. The number of halogens is 1. The van der Waals surface area contributed by atoms with E-state index in [-0.39, 0.29) is 11.8 Å². The molecule has 0 saturated carbocycles. The normalized spacial score (nSPS) is 15.7. The molecule has 2 aromatic carbocycles. The summed E-state index contributed by atoms with van der Waals surface area (Å²) in [4.78, 5) is 20.0. The molecule has 7 heteroatoms. The molecule has 0 spiro atoms. The van der Waals surface area contributed by atoms with Crippen molar-refractivity contribution in [2.24, 2.45) is 5.41 Å². The lowest BCUT2D eigenvalue weighted by Gasteiger charge is -2.41. The van der Waals surface area contributed by atoms with E-state index in [1.807, 2.05) is 36.0 Å². The lowest BCUT2D eigenvalue weighted by molar-refractivity contribution is -0.140. The van der Waals surface area contributed by atoms with Crippen LogP contribution in [0.25, 0.3) is 10.9 Å². The van der Waals surface area contributed by atoms with Crippen LogP contribution in [-0.2, 0) is 11.2 Å². The molecule has 0 unspecified atom stereocenters. The SMILES string of the molecule is COc1ccc2ncc(Cl)c(CCCC3(CC(=O)O)CCN(CCCSc4ccccc4)CC3)c2c1. The van der Waals surface area contributed by atoms with Crippen molar-refractivity contribution in [3.63, 3.8) is 0 Å². The number of hydrogen-bond donors (Lipinski definition) is 1. The number of likely N-dealkylation sites (tertiary alicyclic amines) is 1. The Morgan fingerprint density at radius 2 is 1.94 bits per heavy atom. The highest BCUT2D eigenvalue weighted by Crippen LogP contribution is 2.41. The summed E-state index contributed by atoms with van der Waals surface area (Å²) in [6, 6.07) is 16.4. The number of ether oxygens (including phenoxy) is 1. The maximum atomic E-state index is 11.8. The number of fused-ring (bicyclic) bond motifs is 1. The fraction of sp³-hybridized carbons (Fsp3) is 0.448. The van der Waals surface area contributed by atoms with Crippen LogP contribution in [-0.4, -0.2) is 53.5 Å². The smallest absolute Gasteiger partial charge is 0.303 e. The predicted molar refractivity (Wildman–Crippen MR) is 148 cm³/mol. The van der Waals surface area contributed by atoms with Crippen molar-refractivity contribution in [1.29, 1.82) is 0 Å². The molecule has 0 aliphatic carbocycles. The van der Waals surface area contributed by atoms with Gasteiger partial charge in [0.2, 0.25) is 0 Å². The third-order valence-corrected chi connectivity index (χ3v) is 8.77. The molecule has 192 valence electrons. The summed E-state index contributed by atoms with van der Waals surface area (Å²) < 4.78 is 5.40. The zero-order chi connectivity index (χ0) is 25.4. The number of carboxylic acids is 1. The van der Waals surface area contributed by atoms with Gasteiger partial charge < -0.3 is 14.7 Å². The maximum absolute atomic E-state index is 11.8. The first-order valence-electron chi connectivity index (χ1n) is 12.7. The number of hydrogen-bond acceptors (Lipinski definition) is 5. The van der Waals surface area contributed by atoms with Gasteiger partial charge in [-0.2, -0.15) is 0 Å². The summed E-state index contributed by atoms with van der Waals surface area (Å²) in [6.45, 7) is 3.02. The van der Waals surface area contributed by atoms with Crippen molar-refractivity contribution in [2.75, 3.05) is 32.5 Å². The van der Waals surface area contributed by atoms with E-state index in [2.05, 4.69) is 34.1 Å². The summed E-state index contributed by atoms with van der Waals surface area (Å²) in [6.07, 6.45) is 7.55. The van der Waals surface area contributed by atoms with Crippen LogP contribution < -0.4 is 4.74 Å². The molecule has 1 aromatic heterocycles. The standard InChI is InChI=1S/C29H35ClN2O3S/c1-35-22-10-11-27-25(19-22)24(26(30)21-31-27)9-5-12-29(20-28(33)34)13-16-32(17-14-29)15-6-18-36-23-7-3-2-4-8-23/h2-4,7-8,10-11,19,21H,5-6,9,12-18,20H2,1H3,(H,33,34). The van der Waals surface area contributed by atoms with Crippen molar-refractivity contribution in [3.05, 3.63) is 65.3 Å². The molecule has 3 aromatic rings. The van der Waals surface area contributed by atoms with Gasteiger partial charge >= 0.3 is 5.97 Å². The van der Waals surface area contributed by atoms with E-state index in [9.17, 15) is 9.90 Å². The minimum Gasteiger partial charge on any atom is -0.497 e. The number of aromatic nitrogens is 1. The second kappa shape index (κ2) is 12.8. The van der Waals surface area contributed by atoms with Crippen LogP contribution in [0.1, 0.15) is 44.1 Å². The lowest BCUT2D eigenvalue weighted by Crippen LogP contribution is -2.41. The molecular weight excluding hydrogens is 492 g/mol. The number of aliphatic carboxylic acids is 1. The number of benzene rings is 2. The molecule has 1 fully saturated rings. The lowest BCUT2D eigenvalue weighted by atomic mass is 9.72. The highest BCUT2D eigenvalue weighted by atomic mass is 35.5. The molecular formula is C29H35ClN2O3S. The van der Waals surface area contributed by atoms with Crippen LogP contribution in [0.3, 0.4) is 0 Å². The number of pyridine rings is 1. The van der Waals surface area contributed by atoms with Crippen molar-refractivity contribution < 1.29 is 14.6 Å². The van der Waals surface area contributed by atoms with Crippen LogP contribution in [0.2, 0.25) is 5.02 Å². The molecule has 1 aliphatic heterocycles. The monoisotopic (exact) mass is 526 g/mol. The molecule has 0 atom stereocenters. The van der Waals surface area contributed by atoms with E-state index in [4.69, 9.17) is 16.3 Å². The molecule has 4 rings (SSSR count). The zero-order valence-corrected chi connectivity index (χ0v) is 22.5. The fourth-order valence-corrected chi connectivity index (χ4v) is 6.41. The number of piperidine rings is 1. The summed E-state index contributed by atoms with van der Waals surface area (Å²) in [7, 11) is 1.66. The summed E-state index contributed by atoms with van der Waals surface area (Å²) in [5.74, 6) is 1.19. The van der Waals surface area contributed by atoms with E-state index in [0.29, 0.717) is 5.02 Å². The molecule has 0 amide bonds. The van der Waals surface area contributed by atoms with Crippen LogP contribution in [0.15, 0.2) is 59.6 Å². The zero-order valence-electron chi connectivity index (χ0n) is 20.9. The van der Waals surface area contributed by atoms with E-state index < -0.39 is 5.97 Å². The number of nitrogens with zero attached hydrogens (tertiary/aromatic N) is 2. The largest absolute Gasteiger partial charge is 0.497 e. The second-order valence-electron chi connectivity index (χ2n) is 9.75. The summed E-state index contributed by atoms with van der Waals surface area (Å²) >= 11 is 8.45. The highest BCUT2D eigenvalue weighted by molar-refractivity contribution is 7.99. The Balaban J connectivity index is 1.31. The minimum atomic E-state index is -0.695. The molecule has 36 heavy (non-hydrogen) atoms. The highest BCUT2D eigenvalue weighted by Gasteiger charge is 2.36. The van der Waals surface area contributed by atoms with Crippen LogP contribution >= 0.6 is 23.4 Å². The quantitative estimate of drug-likeness (QED) is 0.203. The Morgan fingerprint density at radius 1 is 1.17 bits per heavy atom.